The summed E-state index contributed by atoms with van der Waals surface area (Å²) in [5, 5.41) is 9.59. The van der Waals surface area contributed by atoms with Crippen LogP contribution in [0.25, 0.3) is 11.1 Å². The van der Waals surface area contributed by atoms with Gasteiger partial charge in [-0.1, -0.05) is 0 Å². The monoisotopic (exact) mass is 242 g/mol. The Labute approximate surface area is 104 Å². The van der Waals surface area contributed by atoms with E-state index in [2.05, 4.69) is 15.5 Å². The molecule has 2 aromatic rings. The van der Waals surface area contributed by atoms with Crippen LogP contribution >= 0.6 is 0 Å². The Bertz CT molecular complexity index is 573. The van der Waals surface area contributed by atoms with E-state index in [0.717, 1.165) is 24.0 Å². The summed E-state index contributed by atoms with van der Waals surface area (Å²) in [5.41, 5.74) is 8.83. The second-order valence-electron chi connectivity index (χ2n) is 4.58. The zero-order valence-corrected chi connectivity index (χ0v) is 9.81. The number of anilines is 1. The van der Waals surface area contributed by atoms with Crippen molar-refractivity contribution in [3.63, 3.8) is 0 Å². The molecule has 1 aliphatic rings. The second-order valence-corrected chi connectivity index (χ2v) is 4.58. The second kappa shape index (κ2) is 4.18. The van der Waals surface area contributed by atoms with Gasteiger partial charge in [0, 0.05) is 29.1 Å². The highest BCUT2D eigenvalue weighted by Crippen LogP contribution is 2.24. The van der Waals surface area contributed by atoms with E-state index in [-0.39, 0.29) is 5.91 Å². The predicted molar refractivity (Wildman–Crippen MR) is 68.9 cm³/mol. The average Bonchev–Trinajstić information content (AvgIpc) is 2.99. The molecule has 0 saturated heterocycles. The van der Waals surface area contributed by atoms with Crippen LogP contribution in [0.15, 0.2) is 30.6 Å². The molecule has 5 heteroatoms. The fourth-order valence-corrected chi connectivity index (χ4v) is 1.85. The fourth-order valence-electron chi connectivity index (χ4n) is 1.85. The summed E-state index contributed by atoms with van der Waals surface area (Å²) in [6, 6.07) is 5.70. The van der Waals surface area contributed by atoms with Gasteiger partial charge in [0.15, 0.2) is 0 Å². The highest BCUT2D eigenvalue weighted by atomic mass is 16.1. The van der Waals surface area contributed by atoms with E-state index in [1.165, 1.54) is 0 Å². The van der Waals surface area contributed by atoms with Crippen LogP contribution in [-0.4, -0.2) is 22.1 Å². The van der Waals surface area contributed by atoms with Gasteiger partial charge in [-0.25, -0.2) is 0 Å². The maximum atomic E-state index is 12.0. The van der Waals surface area contributed by atoms with Crippen LogP contribution in [0.2, 0.25) is 0 Å². The third-order valence-electron chi connectivity index (χ3n) is 2.96. The molecule has 1 aliphatic carbocycles. The molecule has 0 aliphatic heterocycles. The van der Waals surface area contributed by atoms with E-state index in [4.69, 9.17) is 5.73 Å². The molecule has 5 nitrogen and oxygen atoms in total. The summed E-state index contributed by atoms with van der Waals surface area (Å²) in [4.78, 5) is 12.0. The highest BCUT2D eigenvalue weighted by Gasteiger charge is 2.24. The largest absolute Gasteiger partial charge is 0.399 e. The third-order valence-corrected chi connectivity index (χ3v) is 2.96. The number of aromatic nitrogens is 2. The minimum absolute atomic E-state index is 0.0606. The number of nitrogens with two attached hydrogens (primary N) is 1. The molecule has 0 radical (unpaired) electrons. The van der Waals surface area contributed by atoms with E-state index in [9.17, 15) is 4.79 Å². The number of benzene rings is 1. The maximum absolute atomic E-state index is 12.0. The van der Waals surface area contributed by atoms with Crippen LogP contribution in [-0.2, 0) is 0 Å². The van der Waals surface area contributed by atoms with E-state index < -0.39 is 0 Å². The smallest absolute Gasteiger partial charge is 0.251 e. The minimum Gasteiger partial charge on any atom is -0.399 e. The number of hydrogen-bond acceptors (Lipinski definition) is 3. The first-order valence-corrected chi connectivity index (χ1v) is 5.93. The lowest BCUT2D eigenvalue weighted by atomic mass is 10.0. The van der Waals surface area contributed by atoms with Crippen molar-refractivity contribution in [1.82, 2.24) is 15.5 Å². The number of H-pyrrole nitrogens is 1. The molecule has 1 amide bonds. The van der Waals surface area contributed by atoms with E-state index in [1.54, 1.807) is 18.5 Å². The van der Waals surface area contributed by atoms with Crippen LogP contribution in [0.3, 0.4) is 0 Å². The van der Waals surface area contributed by atoms with Gasteiger partial charge in [0.2, 0.25) is 0 Å². The van der Waals surface area contributed by atoms with Gasteiger partial charge in [-0.2, -0.15) is 5.10 Å². The molecule has 0 spiro atoms. The standard InChI is InChI=1S/C13H14N4O/c14-11-4-8(10-6-15-16-7-10)3-9(5-11)13(18)17-12-1-2-12/h3-7,12H,1-2,14H2,(H,15,16)(H,17,18). The first-order valence-electron chi connectivity index (χ1n) is 5.93. The molecule has 0 bridgehead atoms. The van der Waals surface area contributed by atoms with Gasteiger partial charge in [0.1, 0.15) is 0 Å². The maximum Gasteiger partial charge on any atom is 0.251 e. The van der Waals surface area contributed by atoms with Crippen LogP contribution in [0.4, 0.5) is 5.69 Å². The molecule has 1 fully saturated rings. The number of rotatable bonds is 3. The third kappa shape index (κ3) is 2.20. The number of nitrogens with one attached hydrogen (secondary N) is 2. The fraction of sp³-hybridized carbons (Fsp3) is 0.231. The zero-order valence-electron chi connectivity index (χ0n) is 9.81. The first kappa shape index (κ1) is 10.8. The van der Waals surface area contributed by atoms with Crippen molar-refractivity contribution in [2.45, 2.75) is 18.9 Å². The van der Waals surface area contributed by atoms with Crippen molar-refractivity contribution >= 4 is 11.6 Å². The lowest BCUT2D eigenvalue weighted by Gasteiger charge is -2.07. The summed E-state index contributed by atoms with van der Waals surface area (Å²) in [5.74, 6) is -0.0606. The number of hydrogen-bond donors (Lipinski definition) is 3. The predicted octanol–water partition coefficient (Wildman–Crippen LogP) is 1.55. The average molecular weight is 242 g/mol. The number of nitrogens with zero attached hydrogens (tertiary/aromatic N) is 1. The van der Waals surface area contributed by atoms with Crippen LogP contribution in [0.5, 0.6) is 0 Å². The summed E-state index contributed by atoms with van der Waals surface area (Å²) in [6.45, 7) is 0. The zero-order chi connectivity index (χ0) is 12.5. The molecule has 1 heterocycles. The lowest BCUT2D eigenvalue weighted by Crippen LogP contribution is -2.25. The SMILES string of the molecule is Nc1cc(C(=O)NC2CC2)cc(-c2cn[nH]c2)c1. The van der Waals surface area contributed by atoms with E-state index >= 15 is 0 Å². The van der Waals surface area contributed by atoms with Crippen LogP contribution < -0.4 is 11.1 Å². The topological polar surface area (TPSA) is 83.8 Å². The van der Waals surface area contributed by atoms with Gasteiger partial charge in [-0.3, -0.25) is 9.89 Å². The summed E-state index contributed by atoms with van der Waals surface area (Å²) in [7, 11) is 0. The first-order chi connectivity index (χ1) is 8.72. The summed E-state index contributed by atoms with van der Waals surface area (Å²) < 4.78 is 0. The van der Waals surface area contributed by atoms with Gasteiger partial charge < -0.3 is 11.1 Å². The van der Waals surface area contributed by atoms with E-state index in [1.807, 2.05) is 12.1 Å². The normalized spacial score (nSPS) is 14.4. The summed E-state index contributed by atoms with van der Waals surface area (Å²) in [6.07, 6.45) is 5.62. The van der Waals surface area contributed by atoms with Crippen molar-refractivity contribution in [2.75, 3.05) is 5.73 Å². The molecule has 18 heavy (non-hydrogen) atoms. The van der Waals surface area contributed by atoms with Gasteiger partial charge in [0.25, 0.3) is 5.91 Å². The molecule has 0 atom stereocenters. The number of carbonyl (C=O) groups is 1. The molecule has 92 valence electrons. The number of amides is 1. The molecule has 1 aromatic carbocycles. The Morgan fingerprint density at radius 3 is 2.83 bits per heavy atom. The Balaban J connectivity index is 1.92. The molecular weight excluding hydrogens is 228 g/mol. The van der Waals surface area contributed by atoms with Gasteiger partial charge in [-0.05, 0) is 36.6 Å². The van der Waals surface area contributed by atoms with Crippen molar-refractivity contribution in [1.29, 1.82) is 0 Å². The van der Waals surface area contributed by atoms with Gasteiger partial charge in [-0.15, -0.1) is 0 Å². The molecule has 3 rings (SSSR count). The number of nitrogen functional groups attached to an aromatic ring is 1. The Kier molecular flexibility index (Phi) is 2.51. The molecule has 1 aromatic heterocycles. The molecule has 1 saturated carbocycles. The summed E-state index contributed by atoms with van der Waals surface area (Å²) >= 11 is 0. The Morgan fingerprint density at radius 2 is 2.17 bits per heavy atom. The van der Waals surface area contributed by atoms with E-state index in [0.29, 0.717) is 17.3 Å². The van der Waals surface area contributed by atoms with Crippen LogP contribution in [0.1, 0.15) is 23.2 Å². The Morgan fingerprint density at radius 1 is 1.33 bits per heavy atom. The lowest BCUT2D eigenvalue weighted by molar-refractivity contribution is 0.0951. The highest BCUT2D eigenvalue weighted by molar-refractivity contribution is 5.96. The number of carbonyl (C=O) groups excluding carboxylic acids is 1. The van der Waals surface area contributed by atoms with Crippen molar-refractivity contribution < 1.29 is 4.79 Å². The minimum atomic E-state index is -0.0606. The quantitative estimate of drug-likeness (QED) is 0.714. The van der Waals surface area contributed by atoms with Crippen molar-refractivity contribution in [2.24, 2.45) is 0 Å². The van der Waals surface area contributed by atoms with Gasteiger partial charge >= 0.3 is 0 Å². The Hall–Kier alpha value is -2.30. The molecule has 4 N–H and O–H groups in total. The molecular formula is C13H14N4O. The number of aromatic amines is 1. The van der Waals surface area contributed by atoms with Gasteiger partial charge in [0.05, 0.1) is 6.20 Å². The molecule has 0 unspecified atom stereocenters. The van der Waals surface area contributed by atoms with Crippen molar-refractivity contribution in [3.8, 4) is 11.1 Å². The van der Waals surface area contributed by atoms with Crippen molar-refractivity contribution in [3.05, 3.63) is 36.2 Å². The van der Waals surface area contributed by atoms with Crippen LogP contribution in [0, 0.1) is 0 Å².